The van der Waals surface area contributed by atoms with E-state index in [0.717, 1.165) is 89.9 Å². The maximum atomic E-state index is 13.2. The summed E-state index contributed by atoms with van der Waals surface area (Å²) in [5, 5.41) is 87.0. The second-order valence-electron chi connectivity index (χ2n) is 19.7. The Bertz CT molecular complexity index is 1610. The average molecular weight is 1040 g/mol. The summed E-state index contributed by atoms with van der Waals surface area (Å²) in [6.45, 7) is 2.69. The van der Waals surface area contributed by atoms with Gasteiger partial charge in [-0.05, 0) is 77.0 Å². The van der Waals surface area contributed by atoms with Gasteiger partial charge in [-0.2, -0.15) is 0 Å². The smallest absolute Gasteiger partial charge is 0.220 e. The first-order valence-corrected chi connectivity index (χ1v) is 28.5. The summed E-state index contributed by atoms with van der Waals surface area (Å²) in [4.78, 5) is 13.2. The molecule has 0 aromatic rings. The molecular weight excluding hydrogens is 943 g/mol. The van der Waals surface area contributed by atoms with Crippen LogP contribution in [0.3, 0.4) is 0 Å². The van der Waals surface area contributed by atoms with Crippen molar-refractivity contribution in [3.63, 3.8) is 0 Å². The molecular formula is C60H101NO13. The van der Waals surface area contributed by atoms with Crippen molar-refractivity contribution in [2.45, 2.75) is 254 Å². The van der Waals surface area contributed by atoms with Crippen LogP contribution < -0.4 is 5.32 Å². The topological polar surface area (TPSA) is 228 Å². The van der Waals surface area contributed by atoms with Crippen molar-refractivity contribution >= 4 is 5.91 Å². The number of hydrogen-bond donors (Lipinski definition) is 9. The molecule has 74 heavy (non-hydrogen) atoms. The zero-order valence-electron chi connectivity index (χ0n) is 45.3. The molecule has 9 N–H and O–H groups in total. The Balaban J connectivity index is 1.78. The second kappa shape index (κ2) is 45.0. The highest BCUT2D eigenvalue weighted by molar-refractivity contribution is 5.76. The van der Waals surface area contributed by atoms with Gasteiger partial charge in [-0.1, -0.05) is 195 Å². The fourth-order valence-electron chi connectivity index (χ4n) is 8.72. The molecule has 2 heterocycles. The Morgan fingerprint density at radius 1 is 0.500 bits per heavy atom. The van der Waals surface area contributed by atoms with Gasteiger partial charge in [0, 0.05) is 6.42 Å². The van der Waals surface area contributed by atoms with E-state index in [9.17, 15) is 45.6 Å². The first-order valence-electron chi connectivity index (χ1n) is 28.5. The zero-order chi connectivity index (χ0) is 53.9. The van der Waals surface area contributed by atoms with E-state index in [1.54, 1.807) is 0 Å². The summed E-state index contributed by atoms with van der Waals surface area (Å²) in [6.07, 6.45) is 44.1. The van der Waals surface area contributed by atoms with E-state index in [2.05, 4.69) is 116 Å². The van der Waals surface area contributed by atoms with E-state index >= 15 is 0 Å². The molecule has 14 nitrogen and oxygen atoms in total. The number of nitrogens with one attached hydrogen (secondary N) is 1. The van der Waals surface area contributed by atoms with Crippen LogP contribution in [-0.4, -0.2) is 140 Å². The van der Waals surface area contributed by atoms with Crippen LogP contribution in [0.25, 0.3) is 0 Å². The average Bonchev–Trinajstić information content (AvgIpc) is 3.40. The van der Waals surface area contributed by atoms with Crippen LogP contribution >= 0.6 is 0 Å². The molecule has 2 saturated heterocycles. The van der Waals surface area contributed by atoms with Crippen LogP contribution in [0.15, 0.2) is 97.2 Å². The monoisotopic (exact) mass is 1040 g/mol. The van der Waals surface area contributed by atoms with E-state index < -0.39 is 86.8 Å². The molecule has 0 aromatic carbocycles. The summed E-state index contributed by atoms with van der Waals surface area (Å²) in [7, 11) is 0. The Morgan fingerprint density at radius 2 is 0.932 bits per heavy atom. The summed E-state index contributed by atoms with van der Waals surface area (Å²) >= 11 is 0. The van der Waals surface area contributed by atoms with Crippen LogP contribution in [0.4, 0.5) is 0 Å². The zero-order valence-corrected chi connectivity index (χ0v) is 45.3. The summed E-state index contributed by atoms with van der Waals surface area (Å²) < 4.78 is 22.8. The van der Waals surface area contributed by atoms with Gasteiger partial charge in [0.2, 0.25) is 5.91 Å². The van der Waals surface area contributed by atoms with Crippen molar-refractivity contribution < 1.29 is 64.6 Å². The number of aliphatic hydroxyl groups excluding tert-OH is 8. The summed E-state index contributed by atoms with van der Waals surface area (Å²) in [6, 6.07) is -0.858. The predicted molar refractivity (Wildman–Crippen MR) is 295 cm³/mol. The van der Waals surface area contributed by atoms with Gasteiger partial charge in [-0.15, -0.1) is 0 Å². The van der Waals surface area contributed by atoms with E-state index in [1.165, 1.54) is 57.8 Å². The number of carbonyl (C=O) groups excluding carboxylic acids is 1. The molecule has 424 valence electrons. The molecule has 0 aliphatic carbocycles. The predicted octanol–water partition coefficient (Wildman–Crippen LogP) is 9.10. The number of amides is 1. The van der Waals surface area contributed by atoms with Crippen molar-refractivity contribution in [2.75, 3.05) is 19.8 Å². The molecule has 0 spiro atoms. The van der Waals surface area contributed by atoms with Crippen molar-refractivity contribution in [2.24, 2.45) is 0 Å². The van der Waals surface area contributed by atoms with Gasteiger partial charge in [-0.25, -0.2) is 0 Å². The largest absolute Gasteiger partial charge is 0.394 e. The third-order valence-corrected chi connectivity index (χ3v) is 13.3. The van der Waals surface area contributed by atoms with Gasteiger partial charge in [0.05, 0.1) is 32.0 Å². The number of aliphatic hydroxyl groups is 8. The fourth-order valence-corrected chi connectivity index (χ4v) is 8.72. The molecule has 0 aromatic heterocycles. The number of rotatable bonds is 43. The van der Waals surface area contributed by atoms with Gasteiger partial charge in [-0.3, -0.25) is 4.79 Å². The van der Waals surface area contributed by atoms with Gasteiger partial charge >= 0.3 is 0 Å². The molecule has 0 saturated carbocycles. The maximum absolute atomic E-state index is 13.2. The van der Waals surface area contributed by atoms with Crippen molar-refractivity contribution in [1.82, 2.24) is 5.32 Å². The minimum Gasteiger partial charge on any atom is -0.394 e. The number of carbonyl (C=O) groups is 1. The number of unbranched alkanes of at least 4 members (excludes halogenated alkanes) is 14. The molecule has 12 atom stereocenters. The van der Waals surface area contributed by atoms with E-state index in [1.807, 2.05) is 0 Å². The van der Waals surface area contributed by atoms with Crippen LogP contribution in [0.2, 0.25) is 0 Å². The highest BCUT2D eigenvalue weighted by atomic mass is 16.7. The summed E-state index contributed by atoms with van der Waals surface area (Å²) in [5.41, 5.74) is 0. The van der Waals surface area contributed by atoms with Crippen LogP contribution in [0.5, 0.6) is 0 Å². The lowest BCUT2D eigenvalue weighted by Crippen LogP contribution is -2.65. The molecule has 2 aliphatic rings. The van der Waals surface area contributed by atoms with E-state index in [0.29, 0.717) is 12.8 Å². The Kier molecular flexibility index (Phi) is 40.7. The first kappa shape index (κ1) is 67.0. The van der Waals surface area contributed by atoms with Crippen molar-refractivity contribution in [3.8, 4) is 0 Å². The normalized spacial score (nSPS) is 26.0. The Morgan fingerprint density at radius 3 is 1.41 bits per heavy atom. The fraction of sp³-hybridized carbons (Fsp3) is 0.717. The van der Waals surface area contributed by atoms with Gasteiger partial charge in [0.15, 0.2) is 12.6 Å². The van der Waals surface area contributed by atoms with Gasteiger partial charge in [0.25, 0.3) is 0 Å². The van der Waals surface area contributed by atoms with Crippen molar-refractivity contribution in [3.05, 3.63) is 97.2 Å². The molecule has 2 fully saturated rings. The SMILES string of the molecule is CC/C=C\C/C=C\C/C=C\C/C=C\C/C=C\C/C=C\C/C=C\C/C=C\CCCCC(=O)NC(COC1OC(CO)C(OC2OC(CO)C(O)C(O)C2O)C(O)C1O)C(O)CCCCCCCCCCCCCCC. The van der Waals surface area contributed by atoms with Crippen LogP contribution in [0, 0.1) is 0 Å². The third kappa shape index (κ3) is 30.6. The van der Waals surface area contributed by atoms with Crippen molar-refractivity contribution in [1.29, 1.82) is 0 Å². The molecule has 0 radical (unpaired) electrons. The quantitative estimate of drug-likeness (QED) is 0.0205. The highest BCUT2D eigenvalue weighted by Gasteiger charge is 2.51. The lowest BCUT2D eigenvalue weighted by atomic mass is 9.97. The van der Waals surface area contributed by atoms with Crippen LogP contribution in [0.1, 0.15) is 181 Å². The minimum atomic E-state index is -1.79. The molecule has 12 unspecified atom stereocenters. The molecule has 1 amide bonds. The maximum Gasteiger partial charge on any atom is 0.220 e. The lowest BCUT2D eigenvalue weighted by Gasteiger charge is -2.46. The van der Waals surface area contributed by atoms with Crippen LogP contribution in [-0.2, 0) is 23.7 Å². The number of ether oxygens (including phenoxy) is 4. The lowest BCUT2D eigenvalue weighted by molar-refractivity contribution is -0.359. The van der Waals surface area contributed by atoms with E-state index in [4.69, 9.17) is 18.9 Å². The molecule has 2 aliphatic heterocycles. The highest BCUT2D eigenvalue weighted by Crippen LogP contribution is 2.30. The molecule has 2 rings (SSSR count). The van der Waals surface area contributed by atoms with Gasteiger partial charge < -0.3 is 65.1 Å². The van der Waals surface area contributed by atoms with Gasteiger partial charge in [0.1, 0.15) is 48.8 Å². The third-order valence-electron chi connectivity index (χ3n) is 13.3. The molecule has 14 heteroatoms. The second-order valence-corrected chi connectivity index (χ2v) is 19.7. The first-order chi connectivity index (χ1) is 36.1. The number of allylic oxidation sites excluding steroid dienone is 16. The Hall–Kier alpha value is -3.09. The Labute approximate surface area is 445 Å². The standard InChI is InChI=1S/C60H101NO13/c1-3-5-7-9-11-13-15-17-18-19-20-21-22-23-24-25-26-27-28-29-30-32-34-36-38-40-42-44-52(65)61-48(49(64)43-41-39-37-35-33-31-16-14-12-10-8-6-4-2)47-71-59-57(70)55(68)58(51(46-63)73-59)74-60-56(69)54(67)53(66)50(45-62)72-60/h5,7,11,13,17-18,20-21,23-24,26-27,29-30,34,36,48-51,53-60,62-64,66-70H,3-4,6,8-10,12,14-16,19,22,25,28,31-33,35,37-47H2,1-2H3,(H,61,65)/b7-5-,13-11-,18-17-,21-20-,24-23-,27-26-,30-29-,36-34-. The molecule has 0 bridgehead atoms. The number of hydrogen-bond acceptors (Lipinski definition) is 13. The minimum absolute atomic E-state index is 0.243. The summed E-state index contributed by atoms with van der Waals surface area (Å²) in [5.74, 6) is -0.254. The van der Waals surface area contributed by atoms with E-state index in [-0.39, 0.29) is 18.9 Å².